The summed E-state index contributed by atoms with van der Waals surface area (Å²) in [6, 6.07) is -0.957. The van der Waals surface area contributed by atoms with Crippen LogP contribution < -0.4 is 5.32 Å². The maximum atomic E-state index is 11.2. The lowest BCUT2D eigenvalue weighted by Crippen LogP contribution is -2.38. The summed E-state index contributed by atoms with van der Waals surface area (Å²) in [5, 5.41) is 2.25. The molecule has 0 rings (SSSR count). The topological polar surface area (TPSA) is 94.1 Å². The van der Waals surface area contributed by atoms with Gasteiger partial charge in [-0.2, -0.15) is 4.99 Å². The summed E-state index contributed by atoms with van der Waals surface area (Å²) in [6.45, 7) is 6.22. The molecule has 0 heterocycles. The number of amides is 1. The molecule has 0 radical (unpaired) electrons. The molecule has 1 amide bonds. The third-order valence-corrected chi connectivity index (χ3v) is 1.53. The minimum absolute atomic E-state index is 0.0539. The van der Waals surface area contributed by atoms with Crippen molar-refractivity contribution < 1.29 is 23.9 Å². The van der Waals surface area contributed by atoms with Crippen molar-refractivity contribution in [3.8, 4) is 0 Å². The van der Waals surface area contributed by atoms with Crippen LogP contribution in [-0.2, 0) is 19.1 Å². The van der Waals surface area contributed by atoms with E-state index in [1.165, 1.54) is 26.0 Å². The summed E-state index contributed by atoms with van der Waals surface area (Å²) in [6.07, 6.45) is 1.02. The fourth-order valence-corrected chi connectivity index (χ4v) is 0.776. The van der Waals surface area contributed by atoms with E-state index in [2.05, 4.69) is 21.6 Å². The molecule has 0 aromatic heterocycles. The lowest BCUT2D eigenvalue weighted by molar-refractivity contribution is -0.150. The Morgan fingerprint density at radius 3 is 2.71 bits per heavy atom. The van der Waals surface area contributed by atoms with Crippen LogP contribution in [0.15, 0.2) is 17.6 Å². The van der Waals surface area contributed by atoms with E-state index in [9.17, 15) is 14.4 Å². The van der Waals surface area contributed by atoms with Crippen LogP contribution in [0.4, 0.5) is 4.79 Å². The average molecular weight is 242 g/mol. The quantitative estimate of drug-likeness (QED) is 0.241. The Bertz CT molecular complexity index is 336. The molecule has 1 N–H and O–H groups in total. The number of isocyanates is 1. The number of rotatable bonds is 6. The Morgan fingerprint density at radius 1 is 1.53 bits per heavy atom. The van der Waals surface area contributed by atoms with Gasteiger partial charge in [-0.15, -0.1) is 0 Å². The second-order valence-electron chi connectivity index (χ2n) is 3.01. The van der Waals surface area contributed by atoms with Crippen LogP contribution in [-0.4, -0.2) is 37.0 Å². The van der Waals surface area contributed by atoms with Gasteiger partial charge in [0.25, 0.3) is 0 Å². The number of nitrogens with zero attached hydrogens (tertiary/aromatic N) is 1. The average Bonchev–Trinajstić information content (AvgIpc) is 2.26. The third kappa shape index (κ3) is 6.86. The number of carbonyl (C=O) groups excluding carboxylic acids is 3. The van der Waals surface area contributed by atoms with Crippen molar-refractivity contribution in [2.45, 2.75) is 26.1 Å². The smallest absolute Gasteiger partial charge is 0.410 e. The number of esters is 1. The standard InChI is InChI=1S/C10H14N2O5/c1-4-5-16-10(15)12-8(3)17-9(14)7(2)11-6-13/h4,7-8H,1,5H2,2-3H3,(H,12,15). The predicted molar refractivity (Wildman–Crippen MR) is 57.8 cm³/mol. The van der Waals surface area contributed by atoms with E-state index in [1.54, 1.807) is 0 Å². The summed E-state index contributed by atoms with van der Waals surface area (Å²) in [4.78, 5) is 35.3. The highest BCUT2D eigenvalue weighted by molar-refractivity contribution is 5.77. The van der Waals surface area contributed by atoms with Crippen molar-refractivity contribution in [1.29, 1.82) is 0 Å². The van der Waals surface area contributed by atoms with Gasteiger partial charge < -0.3 is 9.47 Å². The number of aliphatic imine (C=N–C) groups is 1. The monoisotopic (exact) mass is 242 g/mol. The van der Waals surface area contributed by atoms with Crippen LogP contribution in [0.2, 0.25) is 0 Å². The molecule has 0 saturated carbocycles. The van der Waals surface area contributed by atoms with Gasteiger partial charge in [0.2, 0.25) is 6.08 Å². The Labute approximate surface area is 98.5 Å². The van der Waals surface area contributed by atoms with Gasteiger partial charge in [0.1, 0.15) is 6.61 Å². The SMILES string of the molecule is C=CCOC(=O)NC(C)OC(=O)C(C)N=C=O. The molecule has 7 heteroatoms. The zero-order valence-corrected chi connectivity index (χ0v) is 9.63. The Balaban J connectivity index is 4.04. The summed E-state index contributed by atoms with van der Waals surface area (Å²) in [5.74, 6) is -0.745. The van der Waals surface area contributed by atoms with E-state index >= 15 is 0 Å². The van der Waals surface area contributed by atoms with Crippen molar-refractivity contribution >= 4 is 18.1 Å². The van der Waals surface area contributed by atoms with Crippen LogP contribution in [0.1, 0.15) is 13.8 Å². The molecule has 17 heavy (non-hydrogen) atoms. The van der Waals surface area contributed by atoms with Crippen molar-refractivity contribution in [2.24, 2.45) is 4.99 Å². The summed E-state index contributed by atoms with van der Waals surface area (Å²) >= 11 is 0. The molecule has 2 unspecified atom stereocenters. The van der Waals surface area contributed by atoms with E-state index in [0.717, 1.165) is 0 Å². The van der Waals surface area contributed by atoms with Crippen LogP contribution in [0.3, 0.4) is 0 Å². The first-order chi connectivity index (χ1) is 8.01. The minimum Gasteiger partial charge on any atom is -0.445 e. The second kappa shape index (κ2) is 8.06. The molecule has 0 aliphatic heterocycles. The highest BCUT2D eigenvalue weighted by Crippen LogP contribution is 1.96. The number of hydrogen-bond donors (Lipinski definition) is 1. The van der Waals surface area contributed by atoms with Gasteiger partial charge >= 0.3 is 12.1 Å². The summed E-state index contributed by atoms with van der Waals surface area (Å²) < 4.78 is 9.37. The van der Waals surface area contributed by atoms with Gasteiger partial charge in [-0.05, 0) is 13.8 Å². The lowest BCUT2D eigenvalue weighted by Gasteiger charge is -2.15. The van der Waals surface area contributed by atoms with Crippen molar-refractivity contribution in [3.63, 3.8) is 0 Å². The fourth-order valence-electron chi connectivity index (χ4n) is 0.776. The van der Waals surface area contributed by atoms with E-state index < -0.39 is 24.3 Å². The van der Waals surface area contributed by atoms with Crippen LogP contribution in [0, 0.1) is 0 Å². The van der Waals surface area contributed by atoms with Crippen molar-refractivity contribution in [1.82, 2.24) is 5.32 Å². The van der Waals surface area contributed by atoms with Crippen molar-refractivity contribution in [2.75, 3.05) is 6.61 Å². The Morgan fingerprint density at radius 2 is 2.18 bits per heavy atom. The van der Waals surface area contributed by atoms with Crippen LogP contribution in [0.25, 0.3) is 0 Å². The second-order valence-corrected chi connectivity index (χ2v) is 3.01. The van der Waals surface area contributed by atoms with E-state index in [1.807, 2.05) is 0 Å². The first kappa shape index (κ1) is 14.9. The highest BCUT2D eigenvalue weighted by Gasteiger charge is 2.17. The minimum atomic E-state index is -0.957. The zero-order chi connectivity index (χ0) is 13.3. The first-order valence-corrected chi connectivity index (χ1v) is 4.83. The molecule has 0 aliphatic carbocycles. The molecule has 7 nitrogen and oxygen atoms in total. The lowest BCUT2D eigenvalue weighted by atomic mass is 10.4. The molecule has 0 spiro atoms. The highest BCUT2D eigenvalue weighted by atomic mass is 16.6. The van der Waals surface area contributed by atoms with E-state index in [-0.39, 0.29) is 6.61 Å². The number of hydrogen-bond acceptors (Lipinski definition) is 6. The molecule has 94 valence electrons. The maximum absolute atomic E-state index is 11.2. The summed E-state index contributed by atoms with van der Waals surface area (Å²) in [7, 11) is 0. The Kier molecular flexibility index (Phi) is 7.05. The van der Waals surface area contributed by atoms with Gasteiger partial charge in [0.05, 0.1) is 0 Å². The molecule has 0 saturated heterocycles. The molecule has 0 aliphatic rings. The fraction of sp³-hybridized carbons (Fsp3) is 0.500. The normalized spacial score (nSPS) is 12.6. The molecule has 0 fully saturated rings. The predicted octanol–water partition coefficient (Wildman–Crippen LogP) is 0.512. The van der Waals surface area contributed by atoms with Gasteiger partial charge in [0, 0.05) is 0 Å². The van der Waals surface area contributed by atoms with E-state index in [4.69, 9.17) is 4.74 Å². The van der Waals surface area contributed by atoms with Gasteiger partial charge in [0.15, 0.2) is 12.3 Å². The van der Waals surface area contributed by atoms with Crippen LogP contribution in [0.5, 0.6) is 0 Å². The van der Waals surface area contributed by atoms with E-state index in [0.29, 0.717) is 0 Å². The molecule has 0 aromatic rings. The van der Waals surface area contributed by atoms with Crippen LogP contribution >= 0.6 is 0 Å². The zero-order valence-electron chi connectivity index (χ0n) is 9.63. The van der Waals surface area contributed by atoms with Gasteiger partial charge in [-0.25, -0.2) is 14.4 Å². The maximum Gasteiger partial charge on any atom is 0.410 e. The first-order valence-electron chi connectivity index (χ1n) is 4.83. The third-order valence-electron chi connectivity index (χ3n) is 1.53. The number of nitrogens with one attached hydrogen (secondary N) is 1. The molecular weight excluding hydrogens is 228 g/mol. The van der Waals surface area contributed by atoms with Gasteiger partial charge in [-0.3, -0.25) is 5.32 Å². The molecule has 2 atom stereocenters. The largest absolute Gasteiger partial charge is 0.445 e. The van der Waals surface area contributed by atoms with Crippen molar-refractivity contribution in [3.05, 3.63) is 12.7 Å². The molecular formula is C10H14N2O5. The number of carbonyl (C=O) groups is 2. The molecule has 0 aromatic carbocycles. The van der Waals surface area contributed by atoms with Gasteiger partial charge in [-0.1, -0.05) is 12.7 Å². The number of alkyl carbamates (subject to hydrolysis) is 1. The summed E-state index contributed by atoms with van der Waals surface area (Å²) in [5.41, 5.74) is 0. The Hall–Kier alpha value is -2.14. The molecule has 0 bridgehead atoms. The number of ether oxygens (including phenoxy) is 2.